The van der Waals surface area contributed by atoms with Gasteiger partial charge in [-0.15, -0.1) is 0 Å². The van der Waals surface area contributed by atoms with Gasteiger partial charge < -0.3 is 4.52 Å². The number of benzene rings is 1. The number of nitrogens with zero attached hydrogens (tertiary/aromatic N) is 3. The maximum Gasteiger partial charge on any atom is 0.280 e. The third-order valence-electron chi connectivity index (χ3n) is 1.70. The molecule has 0 N–H and O–H groups in total. The summed E-state index contributed by atoms with van der Waals surface area (Å²) < 4.78 is 4.52. The summed E-state index contributed by atoms with van der Waals surface area (Å²) in [4.78, 5) is 13.9. The summed E-state index contributed by atoms with van der Waals surface area (Å²) in [6, 6.07) is 6.23. The Hall–Kier alpha value is -2.24. The van der Waals surface area contributed by atoms with Gasteiger partial charge in [0, 0.05) is 6.07 Å². The van der Waals surface area contributed by atoms with Crippen LogP contribution in [0.25, 0.3) is 11.4 Å². The first-order valence-corrected chi connectivity index (χ1v) is 3.79. The summed E-state index contributed by atoms with van der Waals surface area (Å²) in [5.41, 5.74) is 0.320. The molecular formula is C8H5N3O3. The zero-order valence-electron chi connectivity index (χ0n) is 6.95. The molecule has 0 spiro atoms. The van der Waals surface area contributed by atoms with Crippen molar-refractivity contribution < 1.29 is 9.45 Å². The van der Waals surface area contributed by atoms with Crippen LogP contribution in [0.1, 0.15) is 0 Å². The lowest BCUT2D eigenvalue weighted by Crippen LogP contribution is -1.92. The Balaban J connectivity index is 2.58. The van der Waals surface area contributed by atoms with E-state index in [0.29, 0.717) is 5.56 Å². The second kappa shape index (κ2) is 3.25. The SMILES string of the molecule is O=[N+]([O-])c1ccccc1-c1ncon1. The minimum atomic E-state index is -0.480. The van der Waals surface area contributed by atoms with E-state index in [0.717, 1.165) is 6.39 Å². The second-order valence-electron chi connectivity index (χ2n) is 2.53. The Kier molecular flexibility index (Phi) is 1.94. The lowest BCUT2D eigenvalue weighted by atomic mass is 10.2. The number of rotatable bonds is 2. The van der Waals surface area contributed by atoms with Crippen molar-refractivity contribution >= 4 is 5.69 Å². The molecule has 1 aromatic carbocycles. The standard InChI is InChI=1S/C8H5N3O3/c12-11(13)7-4-2-1-3-6(7)8-9-5-14-10-8/h1-5H. The molecule has 0 aliphatic heterocycles. The highest BCUT2D eigenvalue weighted by Crippen LogP contribution is 2.25. The molecule has 6 nitrogen and oxygen atoms in total. The summed E-state index contributed by atoms with van der Waals surface area (Å²) in [5, 5.41) is 14.2. The highest BCUT2D eigenvalue weighted by Gasteiger charge is 2.16. The molecule has 0 fully saturated rings. The van der Waals surface area contributed by atoms with Crippen LogP contribution in [0, 0.1) is 10.1 Å². The molecule has 14 heavy (non-hydrogen) atoms. The van der Waals surface area contributed by atoms with Gasteiger partial charge in [-0.05, 0) is 6.07 Å². The quantitative estimate of drug-likeness (QED) is 0.532. The van der Waals surface area contributed by atoms with E-state index in [9.17, 15) is 10.1 Å². The summed E-state index contributed by atoms with van der Waals surface area (Å²) in [6.07, 6.45) is 1.13. The highest BCUT2D eigenvalue weighted by atomic mass is 16.6. The third-order valence-corrected chi connectivity index (χ3v) is 1.70. The Morgan fingerprint density at radius 3 is 2.79 bits per heavy atom. The zero-order chi connectivity index (χ0) is 9.97. The first-order chi connectivity index (χ1) is 6.79. The van der Waals surface area contributed by atoms with Crippen LogP contribution >= 0.6 is 0 Å². The minimum Gasteiger partial charge on any atom is -0.342 e. The summed E-state index contributed by atoms with van der Waals surface area (Å²) in [7, 11) is 0. The Labute approximate surface area is 78.3 Å². The molecule has 0 radical (unpaired) electrons. The van der Waals surface area contributed by atoms with Crippen molar-refractivity contribution in [3.8, 4) is 11.4 Å². The van der Waals surface area contributed by atoms with Crippen LogP contribution < -0.4 is 0 Å². The largest absolute Gasteiger partial charge is 0.342 e. The number of nitro benzene ring substituents is 1. The summed E-state index contributed by atoms with van der Waals surface area (Å²) in [5.74, 6) is 0.220. The molecule has 0 unspecified atom stereocenters. The van der Waals surface area contributed by atoms with Gasteiger partial charge in [-0.2, -0.15) is 4.98 Å². The molecule has 0 saturated heterocycles. The van der Waals surface area contributed by atoms with Crippen LogP contribution in [0.5, 0.6) is 0 Å². The molecule has 2 aromatic rings. The van der Waals surface area contributed by atoms with Crippen molar-refractivity contribution in [3.05, 3.63) is 40.8 Å². The molecule has 0 aliphatic carbocycles. The van der Waals surface area contributed by atoms with Gasteiger partial charge in [0.15, 0.2) is 0 Å². The monoisotopic (exact) mass is 191 g/mol. The van der Waals surface area contributed by atoms with E-state index in [1.165, 1.54) is 6.07 Å². The minimum absolute atomic E-state index is 0.0334. The molecule has 6 heteroatoms. The smallest absolute Gasteiger partial charge is 0.280 e. The van der Waals surface area contributed by atoms with Crippen LogP contribution in [0.4, 0.5) is 5.69 Å². The van der Waals surface area contributed by atoms with Crippen LogP contribution in [-0.4, -0.2) is 15.1 Å². The fourth-order valence-corrected chi connectivity index (χ4v) is 1.11. The molecule has 0 bridgehead atoms. The van der Waals surface area contributed by atoms with Crippen molar-refractivity contribution in [1.82, 2.24) is 10.1 Å². The van der Waals surface area contributed by atoms with Crippen LogP contribution in [0.2, 0.25) is 0 Å². The molecular weight excluding hydrogens is 186 g/mol. The number of aromatic nitrogens is 2. The van der Waals surface area contributed by atoms with Crippen molar-refractivity contribution in [3.63, 3.8) is 0 Å². The Morgan fingerprint density at radius 1 is 1.36 bits per heavy atom. The number of para-hydroxylation sites is 1. The fourth-order valence-electron chi connectivity index (χ4n) is 1.11. The topological polar surface area (TPSA) is 82.1 Å². The maximum atomic E-state index is 10.6. The van der Waals surface area contributed by atoms with Crippen molar-refractivity contribution in [2.24, 2.45) is 0 Å². The van der Waals surface area contributed by atoms with E-state index in [1.807, 2.05) is 0 Å². The molecule has 1 heterocycles. The van der Waals surface area contributed by atoms with E-state index in [2.05, 4.69) is 14.7 Å². The van der Waals surface area contributed by atoms with E-state index in [4.69, 9.17) is 0 Å². The normalized spacial score (nSPS) is 10.0. The molecule has 0 aliphatic rings. The fraction of sp³-hybridized carbons (Fsp3) is 0. The third kappa shape index (κ3) is 1.33. The van der Waals surface area contributed by atoms with E-state index in [1.54, 1.807) is 18.2 Å². The lowest BCUT2D eigenvalue weighted by Gasteiger charge is -1.95. The van der Waals surface area contributed by atoms with Gasteiger partial charge in [0.25, 0.3) is 5.69 Å². The van der Waals surface area contributed by atoms with Gasteiger partial charge in [-0.25, -0.2) is 0 Å². The number of hydrogen-bond donors (Lipinski definition) is 0. The number of hydrogen-bond acceptors (Lipinski definition) is 5. The van der Waals surface area contributed by atoms with Gasteiger partial charge >= 0.3 is 0 Å². The average molecular weight is 191 g/mol. The molecule has 0 saturated carbocycles. The zero-order valence-corrected chi connectivity index (χ0v) is 6.95. The number of nitro groups is 1. The summed E-state index contributed by atoms with van der Waals surface area (Å²) in [6.45, 7) is 0. The highest BCUT2D eigenvalue weighted by molar-refractivity contribution is 5.66. The van der Waals surface area contributed by atoms with Crippen LogP contribution in [-0.2, 0) is 0 Å². The lowest BCUT2D eigenvalue weighted by molar-refractivity contribution is -0.384. The van der Waals surface area contributed by atoms with Gasteiger partial charge in [0.05, 0.1) is 4.92 Å². The maximum absolute atomic E-state index is 10.6. The molecule has 0 atom stereocenters. The van der Waals surface area contributed by atoms with E-state index in [-0.39, 0.29) is 11.5 Å². The van der Waals surface area contributed by atoms with Gasteiger partial charge in [0.1, 0.15) is 5.56 Å². The van der Waals surface area contributed by atoms with Gasteiger partial charge in [-0.1, -0.05) is 17.3 Å². The molecule has 1 aromatic heterocycles. The predicted molar refractivity (Wildman–Crippen MR) is 46.4 cm³/mol. The predicted octanol–water partition coefficient (Wildman–Crippen LogP) is 1.64. The first-order valence-electron chi connectivity index (χ1n) is 3.79. The van der Waals surface area contributed by atoms with Gasteiger partial charge in [0.2, 0.25) is 12.2 Å². The van der Waals surface area contributed by atoms with Crippen LogP contribution in [0.3, 0.4) is 0 Å². The van der Waals surface area contributed by atoms with Gasteiger partial charge in [-0.3, -0.25) is 10.1 Å². The molecule has 0 amide bonds. The second-order valence-corrected chi connectivity index (χ2v) is 2.53. The van der Waals surface area contributed by atoms with Crippen molar-refractivity contribution in [2.75, 3.05) is 0 Å². The van der Waals surface area contributed by atoms with Crippen LogP contribution in [0.15, 0.2) is 35.2 Å². The van der Waals surface area contributed by atoms with E-state index >= 15 is 0 Å². The van der Waals surface area contributed by atoms with E-state index < -0.39 is 4.92 Å². The van der Waals surface area contributed by atoms with Crippen molar-refractivity contribution in [2.45, 2.75) is 0 Å². The Bertz CT molecular complexity index is 453. The molecule has 2 rings (SSSR count). The van der Waals surface area contributed by atoms with Crippen molar-refractivity contribution in [1.29, 1.82) is 0 Å². The average Bonchev–Trinajstić information content (AvgIpc) is 2.70. The summed E-state index contributed by atoms with van der Waals surface area (Å²) >= 11 is 0. The Morgan fingerprint density at radius 2 is 2.14 bits per heavy atom. The molecule has 70 valence electrons. The first kappa shape index (κ1) is 8.36.